The molecule has 0 bridgehead atoms. The largest absolute Gasteiger partial charge is 0.497 e. The van der Waals surface area contributed by atoms with Gasteiger partial charge in [0.15, 0.2) is 5.65 Å². The van der Waals surface area contributed by atoms with Crippen molar-refractivity contribution >= 4 is 11.5 Å². The van der Waals surface area contributed by atoms with Crippen LogP contribution >= 0.6 is 0 Å². The molecule has 0 fully saturated rings. The topological polar surface area (TPSA) is 55.5 Å². The van der Waals surface area contributed by atoms with Gasteiger partial charge in [-0.1, -0.05) is 6.07 Å². The zero-order chi connectivity index (χ0) is 17.6. The Morgan fingerprint density at radius 2 is 1.92 bits per heavy atom. The Balaban J connectivity index is 1.70. The first kappa shape index (κ1) is 15.7. The second-order valence-corrected chi connectivity index (χ2v) is 5.79. The Hall–Kier alpha value is -2.84. The number of aromatic nitrogens is 4. The van der Waals surface area contributed by atoms with Crippen LogP contribution in [0.25, 0.3) is 5.65 Å². The lowest BCUT2D eigenvalue weighted by Crippen LogP contribution is -2.31. The van der Waals surface area contributed by atoms with Crippen molar-refractivity contribution in [2.45, 2.75) is 19.1 Å². The zero-order valence-electron chi connectivity index (χ0n) is 13.3. The number of rotatable bonds is 2. The van der Waals surface area contributed by atoms with Gasteiger partial charge in [-0.2, -0.15) is 17.7 Å². The number of hydrogen-bond acceptors (Lipinski definition) is 5. The average molecular weight is 349 g/mol. The molecule has 0 N–H and O–H groups in total. The van der Waals surface area contributed by atoms with E-state index >= 15 is 0 Å². The predicted molar refractivity (Wildman–Crippen MR) is 83.5 cm³/mol. The quantitative estimate of drug-likeness (QED) is 0.712. The summed E-state index contributed by atoms with van der Waals surface area (Å²) in [4.78, 5) is 1.93. The van der Waals surface area contributed by atoms with Gasteiger partial charge >= 0.3 is 6.18 Å². The smallest absolute Gasteiger partial charge is 0.453 e. The highest BCUT2D eigenvalue weighted by Gasteiger charge is 2.37. The SMILES string of the molecule is COc1ccc2c(c1)CN(c1ccc3nnc(C(F)(F)F)n3n1)CC2. The van der Waals surface area contributed by atoms with Crippen LogP contribution in [0.15, 0.2) is 30.3 Å². The number of halogens is 3. The van der Waals surface area contributed by atoms with Crippen molar-refractivity contribution < 1.29 is 17.9 Å². The highest BCUT2D eigenvalue weighted by Crippen LogP contribution is 2.29. The number of ether oxygens (including phenoxy) is 1. The van der Waals surface area contributed by atoms with E-state index in [4.69, 9.17) is 4.74 Å². The van der Waals surface area contributed by atoms with E-state index in [0.717, 1.165) is 22.2 Å². The highest BCUT2D eigenvalue weighted by molar-refractivity contribution is 5.49. The van der Waals surface area contributed by atoms with E-state index in [2.05, 4.69) is 15.3 Å². The van der Waals surface area contributed by atoms with E-state index in [-0.39, 0.29) is 5.65 Å². The molecule has 25 heavy (non-hydrogen) atoms. The first-order valence-corrected chi connectivity index (χ1v) is 7.66. The lowest BCUT2D eigenvalue weighted by molar-refractivity contribution is -0.146. The fourth-order valence-corrected chi connectivity index (χ4v) is 2.98. The van der Waals surface area contributed by atoms with Crippen LogP contribution in [0, 0.1) is 0 Å². The standard InChI is InChI=1S/C16H14F3N5O/c1-25-12-3-2-10-6-7-23(9-11(10)8-12)14-5-4-13-20-21-15(16(17,18)19)24(13)22-14/h2-5,8H,6-7,9H2,1H3. The molecule has 130 valence electrons. The summed E-state index contributed by atoms with van der Waals surface area (Å²) < 4.78 is 45.0. The van der Waals surface area contributed by atoms with Gasteiger partial charge in [0, 0.05) is 13.1 Å². The molecule has 1 aliphatic rings. The third-order valence-electron chi connectivity index (χ3n) is 4.25. The number of hydrogen-bond donors (Lipinski definition) is 0. The summed E-state index contributed by atoms with van der Waals surface area (Å²) >= 11 is 0. The van der Waals surface area contributed by atoms with E-state index in [9.17, 15) is 13.2 Å². The molecule has 0 amide bonds. The predicted octanol–water partition coefficient (Wildman–Crippen LogP) is 2.71. The van der Waals surface area contributed by atoms with Crippen molar-refractivity contribution in [1.29, 1.82) is 0 Å². The molecule has 3 aromatic rings. The van der Waals surface area contributed by atoms with Crippen molar-refractivity contribution in [3.8, 4) is 5.75 Å². The molecule has 4 rings (SSSR count). The van der Waals surface area contributed by atoms with Crippen LogP contribution in [0.2, 0.25) is 0 Å². The molecule has 0 radical (unpaired) electrons. The molecule has 3 heterocycles. The molecule has 0 saturated heterocycles. The van der Waals surface area contributed by atoms with Crippen LogP contribution in [0.4, 0.5) is 19.0 Å². The van der Waals surface area contributed by atoms with Crippen LogP contribution in [-0.4, -0.2) is 33.5 Å². The average Bonchev–Trinajstić information content (AvgIpc) is 3.04. The summed E-state index contributed by atoms with van der Waals surface area (Å²) in [7, 11) is 1.60. The molecule has 0 spiro atoms. The minimum Gasteiger partial charge on any atom is -0.497 e. The normalized spacial score (nSPS) is 14.6. The lowest BCUT2D eigenvalue weighted by Gasteiger charge is -2.29. The number of benzene rings is 1. The van der Waals surface area contributed by atoms with Crippen LogP contribution < -0.4 is 9.64 Å². The molecule has 0 aliphatic carbocycles. The van der Waals surface area contributed by atoms with Crippen LogP contribution in [0.3, 0.4) is 0 Å². The molecule has 0 saturated carbocycles. The van der Waals surface area contributed by atoms with Crippen molar-refractivity contribution in [1.82, 2.24) is 19.8 Å². The fourth-order valence-electron chi connectivity index (χ4n) is 2.98. The Bertz CT molecular complexity index is 937. The van der Waals surface area contributed by atoms with Gasteiger partial charge in [0.1, 0.15) is 11.6 Å². The molecule has 1 aromatic carbocycles. The number of nitrogens with zero attached hydrogens (tertiary/aromatic N) is 5. The minimum atomic E-state index is -4.60. The summed E-state index contributed by atoms with van der Waals surface area (Å²) in [6.45, 7) is 1.22. The Kier molecular flexibility index (Phi) is 3.52. The Morgan fingerprint density at radius 3 is 2.68 bits per heavy atom. The van der Waals surface area contributed by atoms with Crippen molar-refractivity contribution in [3.63, 3.8) is 0 Å². The first-order chi connectivity index (χ1) is 12.0. The molecule has 1 aliphatic heterocycles. The maximum atomic E-state index is 13.0. The van der Waals surface area contributed by atoms with E-state index in [0.29, 0.717) is 18.9 Å². The third-order valence-corrected chi connectivity index (χ3v) is 4.25. The molecule has 6 nitrogen and oxygen atoms in total. The van der Waals surface area contributed by atoms with Crippen LogP contribution in [-0.2, 0) is 19.1 Å². The van der Waals surface area contributed by atoms with Gasteiger partial charge in [0.25, 0.3) is 5.82 Å². The van der Waals surface area contributed by atoms with Gasteiger partial charge in [-0.15, -0.1) is 15.3 Å². The number of fused-ring (bicyclic) bond motifs is 2. The van der Waals surface area contributed by atoms with Crippen molar-refractivity contribution in [3.05, 3.63) is 47.3 Å². The van der Waals surface area contributed by atoms with Gasteiger partial charge < -0.3 is 9.64 Å². The van der Waals surface area contributed by atoms with E-state index in [1.807, 2.05) is 23.1 Å². The molecular formula is C16H14F3N5O. The number of anilines is 1. The van der Waals surface area contributed by atoms with E-state index in [1.54, 1.807) is 13.2 Å². The molecule has 0 unspecified atom stereocenters. The van der Waals surface area contributed by atoms with Crippen molar-refractivity contribution in [2.75, 3.05) is 18.6 Å². The highest BCUT2D eigenvalue weighted by atomic mass is 19.4. The summed E-state index contributed by atoms with van der Waals surface area (Å²) in [6.07, 6.45) is -3.82. The van der Waals surface area contributed by atoms with Crippen molar-refractivity contribution in [2.24, 2.45) is 0 Å². The molecular weight excluding hydrogens is 335 g/mol. The fraction of sp³-hybridized carbons (Fsp3) is 0.312. The van der Waals surface area contributed by atoms with Gasteiger partial charge in [-0.25, -0.2) is 0 Å². The van der Waals surface area contributed by atoms with E-state index in [1.165, 1.54) is 11.6 Å². The summed E-state index contributed by atoms with van der Waals surface area (Å²) in [5.74, 6) is 0.0804. The zero-order valence-corrected chi connectivity index (χ0v) is 13.3. The van der Waals surface area contributed by atoms with Crippen LogP contribution in [0.1, 0.15) is 17.0 Å². The van der Waals surface area contributed by atoms with Gasteiger partial charge in [-0.05, 0) is 41.8 Å². The number of alkyl halides is 3. The maximum Gasteiger partial charge on any atom is 0.453 e. The number of methoxy groups -OCH3 is 1. The monoisotopic (exact) mass is 349 g/mol. The summed E-state index contributed by atoms with van der Waals surface area (Å²) in [6, 6.07) is 9.02. The van der Waals surface area contributed by atoms with E-state index < -0.39 is 12.0 Å². The lowest BCUT2D eigenvalue weighted by atomic mass is 9.99. The first-order valence-electron chi connectivity index (χ1n) is 7.66. The maximum absolute atomic E-state index is 13.0. The molecule has 9 heteroatoms. The molecule has 2 aromatic heterocycles. The van der Waals surface area contributed by atoms with Gasteiger partial charge in [0.2, 0.25) is 0 Å². The summed E-state index contributed by atoms with van der Waals surface area (Å²) in [5, 5.41) is 10.8. The second-order valence-electron chi connectivity index (χ2n) is 5.79. The summed E-state index contributed by atoms with van der Waals surface area (Å²) in [5.41, 5.74) is 2.35. The minimum absolute atomic E-state index is 0.0650. The molecule has 0 atom stereocenters. The van der Waals surface area contributed by atoms with Crippen LogP contribution in [0.5, 0.6) is 5.75 Å². The third kappa shape index (κ3) is 2.75. The van der Waals surface area contributed by atoms with Gasteiger partial charge in [-0.3, -0.25) is 0 Å². The second kappa shape index (κ2) is 5.61. The Labute approximate surface area is 140 Å². The van der Waals surface area contributed by atoms with Gasteiger partial charge in [0.05, 0.1) is 7.11 Å². The Morgan fingerprint density at radius 1 is 1.08 bits per heavy atom.